The third-order valence-electron chi connectivity index (χ3n) is 4.10. The minimum absolute atomic E-state index is 0.0349. The highest BCUT2D eigenvalue weighted by Gasteiger charge is 2.19. The summed E-state index contributed by atoms with van der Waals surface area (Å²) in [4.78, 5) is 11.0. The van der Waals surface area contributed by atoms with E-state index in [9.17, 15) is 13.6 Å². The molecule has 0 aliphatic carbocycles. The van der Waals surface area contributed by atoms with E-state index in [0.717, 1.165) is 0 Å². The molecule has 0 aliphatic rings. The van der Waals surface area contributed by atoms with E-state index < -0.39 is 0 Å². The molecular weight excluding hydrogens is 362 g/mol. The number of benzene rings is 2. The van der Waals surface area contributed by atoms with Crippen LogP contribution in [-0.4, -0.2) is 26.5 Å². The first-order chi connectivity index (χ1) is 13.5. The lowest BCUT2D eigenvalue weighted by atomic mass is 9.92. The SMILES string of the molecule is CC(C)n1nnnc1C(/C=C/C=O)=C(c1ccc(F)cc1)c1ccc(F)cc1. The molecule has 0 atom stereocenters. The summed E-state index contributed by atoms with van der Waals surface area (Å²) in [7, 11) is 0. The summed E-state index contributed by atoms with van der Waals surface area (Å²) in [6.07, 6.45) is 3.58. The molecule has 2 aromatic carbocycles. The third kappa shape index (κ3) is 4.09. The molecule has 142 valence electrons. The molecule has 5 nitrogen and oxygen atoms in total. The molecule has 0 bridgehead atoms. The Morgan fingerprint density at radius 2 is 1.50 bits per heavy atom. The van der Waals surface area contributed by atoms with Gasteiger partial charge in [-0.25, -0.2) is 13.5 Å². The molecule has 3 aromatic rings. The third-order valence-corrected chi connectivity index (χ3v) is 4.10. The van der Waals surface area contributed by atoms with Crippen LogP contribution >= 0.6 is 0 Å². The summed E-state index contributed by atoms with van der Waals surface area (Å²) in [5, 5.41) is 11.9. The van der Waals surface area contributed by atoms with E-state index >= 15 is 0 Å². The van der Waals surface area contributed by atoms with Crippen LogP contribution in [0.2, 0.25) is 0 Å². The van der Waals surface area contributed by atoms with Crippen LogP contribution < -0.4 is 0 Å². The van der Waals surface area contributed by atoms with E-state index in [0.29, 0.717) is 34.4 Å². The van der Waals surface area contributed by atoms with Gasteiger partial charge in [0.15, 0.2) is 5.82 Å². The van der Waals surface area contributed by atoms with Crippen molar-refractivity contribution in [2.75, 3.05) is 0 Å². The number of nitrogens with zero attached hydrogens (tertiary/aromatic N) is 4. The Labute approximate surface area is 161 Å². The Morgan fingerprint density at radius 1 is 0.964 bits per heavy atom. The quantitative estimate of drug-likeness (QED) is 0.364. The fourth-order valence-electron chi connectivity index (χ4n) is 2.83. The lowest BCUT2D eigenvalue weighted by Crippen LogP contribution is -2.09. The predicted molar refractivity (Wildman–Crippen MR) is 102 cm³/mol. The van der Waals surface area contributed by atoms with Crippen LogP contribution in [0.15, 0.2) is 60.7 Å². The summed E-state index contributed by atoms with van der Waals surface area (Å²) >= 11 is 0. The summed E-state index contributed by atoms with van der Waals surface area (Å²) in [5.74, 6) is -0.310. The normalized spacial score (nSPS) is 11.2. The van der Waals surface area contributed by atoms with Gasteiger partial charge >= 0.3 is 0 Å². The van der Waals surface area contributed by atoms with Crippen LogP contribution in [0.25, 0.3) is 11.1 Å². The van der Waals surface area contributed by atoms with Gasteiger partial charge in [0.2, 0.25) is 0 Å². The fourth-order valence-corrected chi connectivity index (χ4v) is 2.83. The van der Waals surface area contributed by atoms with Gasteiger partial charge in [-0.15, -0.1) is 5.10 Å². The first-order valence-electron chi connectivity index (χ1n) is 8.67. The topological polar surface area (TPSA) is 60.7 Å². The number of carbonyl (C=O) groups excluding carboxylic acids is 1. The van der Waals surface area contributed by atoms with Crippen LogP contribution in [0.3, 0.4) is 0 Å². The first-order valence-corrected chi connectivity index (χ1v) is 8.67. The molecule has 0 spiro atoms. The molecule has 0 radical (unpaired) electrons. The summed E-state index contributed by atoms with van der Waals surface area (Å²) in [6, 6.07) is 11.8. The van der Waals surface area contributed by atoms with E-state index in [4.69, 9.17) is 0 Å². The zero-order valence-corrected chi connectivity index (χ0v) is 15.4. The van der Waals surface area contributed by atoms with Crippen molar-refractivity contribution in [3.63, 3.8) is 0 Å². The smallest absolute Gasteiger partial charge is 0.182 e. The molecule has 0 aliphatic heterocycles. The molecule has 0 saturated heterocycles. The van der Waals surface area contributed by atoms with Crippen molar-refractivity contribution in [1.82, 2.24) is 20.2 Å². The van der Waals surface area contributed by atoms with Gasteiger partial charge in [0.05, 0.1) is 6.04 Å². The molecule has 1 heterocycles. The number of aldehydes is 1. The van der Waals surface area contributed by atoms with Gasteiger partial charge < -0.3 is 0 Å². The van der Waals surface area contributed by atoms with E-state index in [1.165, 1.54) is 30.3 Å². The minimum Gasteiger partial charge on any atom is -0.299 e. The van der Waals surface area contributed by atoms with Gasteiger partial charge in [0, 0.05) is 5.57 Å². The van der Waals surface area contributed by atoms with Crippen LogP contribution in [-0.2, 0) is 4.79 Å². The van der Waals surface area contributed by atoms with Crippen molar-refractivity contribution in [3.8, 4) is 0 Å². The van der Waals surface area contributed by atoms with Crippen LogP contribution in [0, 0.1) is 11.6 Å². The highest BCUT2D eigenvalue weighted by atomic mass is 19.1. The Bertz CT molecular complexity index is 972. The number of rotatable bonds is 6. The van der Waals surface area contributed by atoms with Gasteiger partial charge in [-0.1, -0.05) is 24.3 Å². The molecule has 0 fully saturated rings. The van der Waals surface area contributed by atoms with E-state index in [2.05, 4.69) is 15.5 Å². The monoisotopic (exact) mass is 380 g/mol. The van der Waals surface area contributed by atoms with E-state index in [1.807, 2.05) is 13.8 Å². The van der Waals surface area contributed by atoms with Crippen LogP contribution in [0.4, 0.5) is 8.78 Å². The number of allylic oxidation sites excluding steroid dienone is 3. The first kappa shape index (κ1) is 19.3. The maximum absolute atomic E-state index is 13.5. The Morgan fingerprint density at radius 3 is 1.96 bits per heavy atom. The number of carbonyl (C=O) groups is 1. The lowest BCUT2D eigenvalue weighted by molar-refractivity contribution is -0.104. The van der Waals surface area contributed by atoms with Crippen molar-refractivity contribution < 1.29 is 13.6 Å². The standard InChI is InChI=1S/C21H18F2N4O/c1-14(2)27-21(24-25-26-27)19(4-3-13-28)20(15-5-9-17(22)10-6-15)16-7-11-18(23)12-8-16/h3-14H,1-2H3/b4-3+. The summed E-state index contributed by atoms with van der Waals surface area (Å²) < 4.78 is 28.6. The van der Waals surface area contributed by atoms with Crippen molar-refractivity contribution in [3.05, 3.63) is 89.3 Å². The molecule has 0 amide bonds. The van der Waals surface area contributed by atoms with Gasteiger partial charge in [0.25, 0.3) is 0 Å². The molecule has 0 unspecified atom stereocenters. The molecule has 3 rings (SSSR count). The Kier molecular flexibility index (Phi) is 5.84. The molecule has 1 aromatic heterocycles. The second-order valence-corrected chi connectivity index (χ2v) is 6.34. The van der Waals surface area contributed by atoms with Gasteiger partial charge in [-0.2, -0.15) is 0 Å². The molecular formula is C21H18F2N4O. The minimum atomic E-state index is -0.376. The molecule has 0 saturated carbocycles. The highest BCUT2D eigenvalue weighted by molar-refractivity contribution is 6.01. The predicted octanol–water partition coefficient (Wildman–Crippen LogP) is 4.25. The second-order valence-electron chi connectivity index (χ2n) is 6.34. The summed E-state index contributed by atoms with van der Waals surface area (Å²) in [6.45, 7) is 3.85. The average molecular weight is 380 g/mol. The molecule has 28 heavy (non-hydrogen) atoms. The zero-order valence-electron chi connectivity index (χ0n) is 15.4. The maximum Gasteiger partial charge on any atom is 0.182 e. The number of halogens is 2. The van der Waals surface area contributed by atoms with Gasteiger partial charge in [-0.3, -0.25) is 4.79 Å². The van der Waals surface area contributed by atoms with Crippen LogP contribution in [0.5, 0.6) is 0 Å². The van der Waals surface area contributed by atoms with Gasteiger partial charge in [0.1, 0.15) is 17.9 Å². The second kappa shape index (κ2) is 8.47. The number of aromatic nitrogens is 4. The van der Waals surface area contributed by atoms with E-state index in [1.54, 1.807) is 35.0 Å². The zero-order chi connectivity index (χ0) is 20.1. The van der Waals surface area contributed by atoms with Crippen molar-refractivity contribution >= 4 is 17.4 Å². The van der Waals surface area contributed by atoms with E-state index in [-0.39, 0.29) is 17.7 Å². The average Bonchev–Trinajstić information content (AvgIpc) is 3.17. The number of hydrogen-bond donors (Lipinski definition) is 0. The lowest BCUT2D eigenvalue weighted by Gasteiger charge is -2.15. The largest absolute Gasteiger partial charge is 0.299 e. The highest BCUT2D eigenvalue weighted by Crippen LogP contribution is 2.33. The number of tetrazole rings is 1. The van der Waals surface area contributed by atoms with Crippen molar-refractivity contribution in [2.24, 2.45) is 0 Å². The maximum atomic E-state index is 13.5. The Balaban J connectivity index is 2.36. The Hall–Kier alpha value is -3.48. The number of hydrogen-bond acceptors (Lipinski definition) is 4. The molecule has 7 heteroatoms. The van der Waals surface area contributed by atoms with Gasteiger partial charge in [-0.05, 0) is 77.4 Å². The molecule has 0 N–H and O–H groups in total. The van der Waals surface area contributed by atoms with Crippen LogP contribution in [0.1, 0.15) is 36.8 Å². The fraction of sp³-hybridized carbons (Fsp3) is 0.143. The van der Waals surface area contributed by atoms with Crippen molar-refractivity contribution in [1.29, 1.82) is 0 Å². The summed E-state index contributed by atoms with van der Waals surface area (Å²) in [5.41, 5.74) is 2.56. The van der Waals surface area contributed by atoms with Crippen molar-refractivity contribution in [2.45, 2.75) is 19.9 Å².